The lowest BCUT2D eigenvalue weighted by Crippen LogP contribution is -2.17. The summed E-state index contributed by atoms with van der Waals surface area (Å²) in [5.74, 6) is 1.16. The van der Waals surface area contributed by atoms with Gasteiger partial charge in [-0.3, -0.25) is 5.32 Å². The Labute approximate surface area is 202 Å². The van der Waals surface area contributed by atoms with Crippen molar-refractivity contribution in [3.8, 4) is 29.1 Å². The van der Waals surface area contributed by atoms with Crippen molar-refractivity contribution in [1.29, 1.82) is 5.26 Å². The fraction of sp³-hybridized carbons (Fsp3) is 0.269. The van der Waals surface area contributed by atoms with E-state index >= 15 is 0 Å². The third-order valence-corrected chi connectivity index (χ3v) is 5.71. The molecule has 2 aromatic heterocycles. The quantitative estimate of drug-likeness (QED) is 0.379. The van der Waals surface area contributed by atoms with Crippen LogP contribution < -0.4 is 10.1 Å². The minimum atomic E-state index is -0.501. The summed E-state index contributed by atoms with van der Waals surface area (Å²) in [7, 11) is 0. The summed E-state index contributed by atoms with van der Waals surface area (Å²) in [6.07, 6.45) is 4.39. The summed E-state index contributed by atoms with van der Waals surface area (Å²) in [6.45, 7) is 4.40. The van der Waals surface area contributed by atoms with Gasteiger partial charge in [-0.15, -0.1) is 0 Å². The number of benzene rings is 2. The van der Waals surface area contributed by atoms with Gasteiger partial charge in [-0.05, 0) is 62.4 Å². The van der Waals surface area contributed by atoms with E-state index in [0.29, 0.717) is 22.9 Å². The van der Waals surface area contributed by atoms with Gasteiger partial charge in [0, 0.05) is 23.7 Å². The Morgan fingerprint density at radius 3 is 2.57 bits per heavy atom. The highest BCUT2D eigenvalue weighted by Gasteiger charge is 2.27. The number of fused-ring (bicyclic) bond motifs is 1. The zero-order chi connectivity index (χ0) is 24.4. The van der Waals surface area contributed by atoms with Crippen LogP contribution in [0.15, 0.2) is 55.1 Å². The van der Waals surface area contributed by atoms with Crippen LogP contribution in [0.3, 0.4) is 0 Å². The van der Waals surface area contributed by atoms with Gasteiger partial charge in [-0.2, -0.15) is 15.2 Å². The van der Waals surface area contributed by atoms with Crippen molar-refractivity contribution in [1.82, 2.24) is 19.5 Å². The third kappa shape index (κ3) is 4.92. The standard InChI is InChI=1S/C26H24N6O3/c1-16(2)34-26(33)31-19-7-5-18(6-8-19)24-22(12-27)21-10-9-20(35-25-29-14-28-15-30-25)11-23(21)32(24)13-17-3-4-17/h5-11,14-17H,3-4,13H2,1-2H3,(H,31,33). The van der Waals surface area contributed by atoms with Gasteiger partial charge in [0.05, 0.1) is 22.9 Å². The molecule has 9 nitrogen and oxygen atoms in total. The molecule has 0 bridgehead atoms. The topological polar surface area (TPSA) is 115 Å². The molecule has 1 fully saturated rings. The molecular formula is C26H24N6O3. The SMILES string of the molecule is CC(C)OC(=O)Nc1ccc(-c2c(C#N)c3ccc(Oc4ncncn4)cc3n2CC2CC2)cc1. The molecule has 0 aliphatic heterocycles. The molecule has 0 spiro atoms. The Bertz CT molecular complexity index is 1400. The van der Waals surface area contributed by atoms with Gasteiger partial charge in [0.15, 0.2) is 0 Å². The number of anilines is 1. The summed E-state index contributed by atoms with van der Waals surface area (Å²) in [6, 6.07) is 15.7. The first-order valence-corrected chi connectivity index (χ1v) is 11.5. The summed E-state index contributed by atoms with van der Waals surface area (Å²) in [5, 5.41) is 13.7. The summed E-state index contributed by atoms with van der Waals surface area (Å²) < 4.78 is 13.2. The van der Waals surface area contributed by atoms with Gasteiger partial charge in [-0.1, -0.05) is 12.1 Å². The molecule has 176 valence electrons. The zero-order valence-corrected chi connectivity index (χ0v) is 19.4. The second kappa shape index (κ2) is 9.43. The van der Waals surface area contributed by atoms with E-state index in [1.54, 1.807) is 13.8 Å². The largest absolute Gasteiger partial charge is 0.447 e. The maximum absolute atomic E-state index is 11.9. The minimum Gasteiger partial charge on any atom is -0.447 e. The number of rotatable bonds is 7. The number of ether oxygens (including phenoxy) is 2. The number of nitrogens with one attached hydrogen (secondary N) is 1. The number of aromatic nitrogens is 4. The minimum absolute atomic E-state index is 0.204. The predicted molar refractivity (Wildman–Crippen MR) is 130 cm³/mol. The van der Waals surface area contributed by atoms with E-state index < -0.39 is 6.09 Å². The first-order chi connectivity index (χ1) is 17.0. The van der Waals surface area contributed by atoms with Gasteiger partial charge in [0.2, 0.25) is 0 Å². The highest BCUT2D eigenvalue weighted by molar-refractivity contribution is 5.95. The van der Waals surface area contributed by atoms with Crippen LogP contribution in [-0.2, 0) is 11.3 Å². The Kier molecular flexibility index (Phi) is 6.02. The Morgan fingerprint density at radius 1 is 1.17 bits per heavy atom. The lowest BCUT2D eigenvalue weighted by atomic mass is 10.1. The van der Waals surface area contributed by atoms with Crippen molar-refractivity contribution < 1.29 is 14.3 Å². The Morgan fingerprint density at radius 2 is 1.91 bits per heavy atom. The molecule has 2 heterocycles. The van der Waals surface area contributed by atoms with Crippen molar-refractivity contribution in [2.45, 2.75) is 39.3 Å². The molecular weight excluding hydrogens is 444 g/mol. The van der Waals surface area contributed by atoms with Crippen LogP contribution in [0.4, 0.5) is 10.5 Å². The number of nitriles is 1. The number of carbonyl (C=O) groups excluding carboxylic acids is 1. The van der Waals surface area contributed by atoms with Gasteiger partial charge < -0.3 is 14.0 Å². The molecule has 1 aliphatic carbocycles. The monoisotopic (exact) mass is 468 g/mol. The third-order valence-electron chi connectivity index (χ3n) is 5.71. The van der Waals surface area contributed by atoms with E-state index in [9.17, 15) is 10.1 Å². The molecule has 35 heavy (non-hydrogen) atoms. The smallest absolute Gasteiger partial charge is 0.411 e. The van der Waals surface area contributed by atoms with E-state index in [1.165, 1.54) is 25.5 Å². The fourth-order valence-electron chi connectivity index (χ4n) is 4.01. The van der Waals surface area contributed by atoms with Gasteiger partial charge in [-0.25, -0.2) is 9.78 Å². The van der Waals surface area contributed by atoms with Crippen molar-refractivity contribution in [3.05, 3.63) is 60.7 Å². The average molecular weight is 469 g/mol. The Balaban J connectivity index is 1.53. The Hall–Kier alpha value is -4.45. The second-order valence-electron chi connectivity index (χ2n) is 8.75. The van der Waals surface area contributed by atoms with Crippen LogP contribution in [0.5, 0.6) is 11.8 Å². The van der Waals surface area contributed by atoms with E-state index in [1.807, 2.05) is 42.5 Å². The molecule has 9 heteroatoms. The maximum atomic E-state index is 11.9. The lowest BCUT2D eigenvalue weighted by Gasteiger charge is -2.13. The molecule has 1 amide bonds. The molecule has 1 N–H and O–H groups in total. The van der Waals surface area contributed by atoms with E-state index in [-0.39, 0.29) is 12.1 Å². The fourth-order valence-corrected chi connectivity index (χ4v) is 4.01. The summed E-state index contributed by atoms with van der Waals surface area (Å²) in [4.78, 5) is 23.8. The number of nitrogens with zero attached hydrogens (tertiary/aromatic N) is 5. The molecule has 2 aromatic carbocycles. The van der Waals surface area contributed by atoms with Crippen LogP contribution in [0.2, 0.25) is 0 Å². The van der Waals surface area contributed by atoms with Gasteiger partial charge in [0.1, 0.15) is 24.5 Å². The van der Waals surface area contributed by atoms with Gasteiger partial charge in [0.25, 0.3) is 0 Å². The highest BCUT2D eigenvalue weighted by atomic mass is 16.6. The van der Waals surface area contributed by atoms with Crippen molar-refractivity contribution in [3.63, 3.8) is 0 Å². The number of amides is 1. The number of hydrogen-bond acceptors (Lipinski definition) is 7. The normalized spacial score (nSPS) is 13.0. The second-order valence-corrected chi connectivity index (χ2v) is 8.75. The van der Waals surface area contributed by atoms with Crippen LogP contribution in [0, 0.1) is 17.2 Å². The van der Waals surface area contributed by atoms with Crippen molar-refractivity contribution >= 4 is 22.7 Å². The van der Waals surface area contributed by atoms with Crippen LogP contribution in [-0.4, -0.2) is 31.7 Å². The summed E-state index contributed by atoms with van der Waals surface area (Å²) in [5.41, 5.74) is 3.88. The zero-order valence-electron chi connectivity index (χ0n) is 19.4. The number of carbonyl (C=O) groups is 1. The van der Waals surface area contributed by atoms with E-state index in [4.69, 9.17) is 9.47 Å². The average Bonchev–Trinajstić information content (AvgIpc) is 3.61. The predicted octanol–water partition coefficient (Wildman–Crippen LogP) is 5.52. The molecule has 0 saturated heterocycles. The van der Waals surface area contributed by atoms with Crippen LogP contribution in [0.1, 0.15) is 32.3 Å². The molecule has 5 rings (SSSR count). The van der Waals surface area contributed by atoms with Crippen molar-refractivity contribution in [2.75, 3.05) is 5.32 Å². The maximum Gasteiger partial charge on any atom is 0.411 e. The van der Waals surface area contributed by atoms with Crippen LogP contribution >= 0.6 is 0 Å². The molecule has 0 unspecified atom stereocenters. The highest BCUT2D eigenvalue weighted by Crippen LogP contribution is 2.40. The molecule has 0 atom stereocenters. The molecule has 0 radical (unpaired) electrons. The first kappa shape index (κ1) is 22.3. The molecule has 1 aliphatic rings. The molecule has 4 aromatic rings. The first-order valence-electron chi connectivity index (χ1n) is 11.5. The van der Waals surface area contributed by atoms with E-state index in [2.05, 4.69) is 30.9 Å². The number of hydrogen-bond donors (Lipinski definition) is 1. The van der Waals surface area contributed by atoms with Crippen molar-refractivity contribution in [2.24, 2.45) is 5.92 Å². The van der Waals surface area contributed by atoms with Crippen LogP contribution in [0.25, 0.3) is 22.2 Å². The van der Waals surface area contributed by atoms with E-state index in [0.717, 1.165) is 28.7 Å². The summed E-state index contributed by atoms with van der Waals surface area (Å²) >= 11 is 0. The lowest BCUT2D eigenvalue weighted by molar-refractivity contribution is 0.130. The van der Waals surface area contributed by atoms with Gasteiger partial charge >= 0.3 is 12.1 Å². The molecule has 1 saturated carbocycles.